The van der Waals surface area contributed by atoms with Gasteiger partial charge in [0.15, 0.2) is 0 Å². The van der Waals surface area contributed by atoms with Crippen molar-refractivity contribution in [3.63, 3.8) is 0 Å². The number of carbonyl (C=O) groups is 1. The van der Waals surface area contributed by atoms with Gasteiger partial charge in [-0.1, -0.05) is 0 Å². The van der Waals surface area contributed by atoms with Crippen molar-refractivity contribution in [2.45, 2.75) is 32.6 Å². The highest BCUT2D eigenvalue weighted by molar-refractivity contribution is 5.95. The van der Waals surface area contributed by atoms with Crippen LogP contribution in [0.2, 0.25) is 0 Å². The number of aryl methyl sites for hydroxylation is 1. The lowest BCUT2D eigenvalue weighted by atomic mass is 9.79. The van der Waals surface area contributed by atoms with Crippen LogP contribution in [0.5, 0.6) is 0 Å². The van der Waals surface area contributed by atoms with E-state index in [9.17, 15) is 4.79 Å². The average Bonchev–Trinajstić information content (AvgIpc) is 2.62. The summed E-state index contributed by atoms with van der Waals surface area (Å²) in [5.74, 6) is 2.82. The van der Waals surface area contributed by atoms with E-state index in [1.165, 1.54) is 38.8 Å². The third-order valence-electron chi connectivity index (χ3n) is 5.62. The lowest BCUT2D eigenvalue weighted by molar-refractivity contribution is 0.0826. The largest absolute Gasteiger partial charge is 0.357 e. The Morgan fingerprint density at radius 3 is 2.33 bits per heavy atom. The number of anilines is 1. The van der Waals surface area contributed by atoms with Crippen molar-refractivity contribution in [2.75, 3.05) is 45.2 Å². The molecule has 0 bridgehead atoms. The summed E-state index contributed by atoms with van der Waals surface area (Å²) in [7, 11) is 3.56. The number of hydrogen-bond acceptors (Lipinski definition) is 4. The fourth-order valence-electron chi connectivity index (χ4n) is 4.11. The van der Waals surface area contributed by atoms with Crippen molar-refractivity contribution in [3.8, 4) is 0 Å². The summed E-state index contributed by atoms with van der Waals surface area (Å²) >= 11 is 0. The van der Waals surface area contributed by atoms with E-state index >= 15 is 0 Å². The smallest absolute Gasteiger partial charge is 0.255 e. The van der Waals surface area contributed by atoms with Gasteiger partial charge in [-0.3, -0.25) is 4.79 Å². The maximum atomic E-state index is 12.1. The molecule has 1 aromatic rings. The van der Waals surface area contributed by atoms with Crippen molar-refractivity contribution in [1.29, 1.82) is 0 Å². The van der Waals surface area contributed by atoms with Crippen molar-refractivity contribution < 1.29 is 4.79 Å². The van der Waals surface area contributed by atoms with Crippen LogP contribution in [-0.4, -0.2) is 56.1 Å². The highest BCUT2D eigenvalue weighted by Crippen LogP contribution is 2.32. The Bertz CT molecular complexity index is 573. The van der Waals surface area contributed by atoms with Gasteiger partial charge in [0.25, 0.3) is 5.91 Å². The van der Waals surface area contributed by atoms with Gasteiger partial charge in [-0.2, -0.15) is 0 Å². The Morgan fingerprint density at radius 2 is 1.75 bits per heavy atom. The molecule has 0 spiro atoms. The van der Waals surface area contributed by atoms with Gasteiger partial charge in [0.1, 0.15) is 5.82 Å². The highest BCUT2D eigenvalue weighted by atomic mass is 16.2. The summed E-state index contributed by atoms with van der Waals surface area (Å²) in [6.45, 7) is 6.48. The monoisotopic (exact) mass is 330 g/mol. The van der Waals surface area contributed by atoms with Crippen LogP contribution in [0, 0.1) is 18.8 Å². The van der Waals surface area contributed by atoms with E-state index in [0.717, 1.165) is 36.4 Å². The van der Waals surface area contributed by atoms with E-state index in [2.05, 4.69) is 10.2 Å². The first-order chi connectivity index (χ1) is 11.6. The van der Waals surface area contributed by atoms with E-state index in [-0.39, 0.29) is 5.91 Å². The van der Waals surface area contributed by atoms with E-state index in [1.54, 1.807) is 19.0 Å². The Morgan fingerprint density at radius 1 is 1.12 bits per heavy atom. The molecule has 2 fully saturated rings. The third-order valence-corrected chi connectivity index (χ3v) is 5.62. The molecule has 0 saturated carbocycles. The van der Waals surface area contributed by atoms with Crippen LogP contribution in [0.4, 0.5) is 5.82 Å². The van der Waals surface area contributed by atoms with Gasteiger partial charge in [0, 0.05) is 27.2 Å². The molecule has 0 unspecified atom stereocenters. The molecular weight excluding hydrogens is 300 g/mol. The molecule has 5 heteroatoms. The van der Waals surface area contributed by atoms with Gasteiger partial charge in [-0.05, 0) is 69.7 Å². The Hall–Kier alpha value is -1.62. The van der Waals surface area contributed by atoms with E-state index in [0.29, 0.717) is 5.56 Å². The van der Waals surface area contributed by atoms with Crippen LogP contribution in [0.3, 0.4) is 0 Å². The minimum Gasteiger partial charge on any atom is -0.357 e. The van der Waals surface area contributed by atoms with Gasteiger partial charge in [-0.25, -0.2) is 4.98 Å². The molecule has 2 aliphatic rings. The molecule has 1 aromatic heterocycles. The third kappa shape index (κ3) is 3.72. The predicted molar refractivity (Wildman–Crippen MR) is 97.5 cm³/mol. The second kappa shape index (κ2) is 7.51. The van der Waals surface area contributed by atoms with Crippen LogP contribution in [-0.2, 0) is 0 Å². The summed E-state index contributed by atoms with van der Waals surface area (Å²) in [6, 6.07) is 3.94. The number of rotatable bonds is 3. The molecule has 0 aliphatic carbocycles. The molecule has 2 saturated heterocycles. The summed E-state index contributed by atoms with van der Waals surface area (Å²) in [5.41, 5.74) is 1.53. The number of nitrogens with one attached hydrogen (secondary N) is 1. The molecular formula is C19H30N4O. The summed E-state index contributed by atoms with van der Waals surface area (Å²) in [6.07, 6.45) is 5.21. The van der Waals surface area contributed by atoms with E-state index < -0.39 is 0 Å². The lowest BCUT2D eigenvalue weighted by Gasteiger charge is -2.38. The van der Waals surface area contributed by atoms with E-state index in [4.69, 9.17) is 4.98 Å². The molecule has 2 aliphatic heterocycles. The van der Waals surface area contributed by atoms with Crippen molar-refractivity contribution in [3.05, 3.63) is 23.4 Å². The lowest BCUT2D eigenvalue weighted by Crippen LogP contribution is -2.39. The fraction of sp³-hybridized carbons (Fsp3) is 0.684. The minimum atomic E-state index is 0.0242. The summed E-state index contributed by atoms with van der Waals surface area (Å²) in [4.78, 5) is 20.8. The van der Waals surface area contributed by atoms with Crippen LogP contribution < -0.4 is 10.2 Å². The second-order valence-electron chi connectivity index (χ2n) is 7.41. The van der Waals surface area contributed by atoms with Crippen molar-refractivity contribution >= 4 is 11.7 Å². The number of nitrogens with zero attached hydrogens (tertiary/aromatic N) is 3. The Labute approximate surface area is 145 Å². The normalized spacial score (nSPS) is 20.2. The molecule has 5 nitrogen and oxygen atoms in total. The number of carbonyl (C=O) groups excluding carboxylic acids is 1. The van der Waals surface area contributed by atoms with Crippen molar-refractivity contribution in [2.24, 2.45) is 11.8 Å². The fourth-order valence-corrected chi connectivity index (χ4v) is 4.11. The van der Waals surface area contributed by atoms with Crippen LogP contribution >= 0.6 is 0 Å². The molecule has 0 atom stereocenters. The maximum absolute atomic E-state index is 12.1. The van der Waals surface area contributed by atoms with Gasteiger partial charge in [0.05, 0.1) is 11.3 Å². The zero-order valence-corrected chi connectivity index (χ0v) is 15.2. The minimum absolute atomic E-state index is 0.0242. The zero-order valence-electron chi connectivity index (χ0n) is 15.2. The number of hydrogen-bond donors (Lipinski definition) is 1. The number of amides is 1. The van der Waals surface area contributed by atoms with Gasteiger partial charge >= 0.3 is 0 Å². The van der Waals surface area contributed by atoms with Crippen LogP contribution in [0.1, 0.15) is 41.7 Å². The number of piperidine rings is 2. The molecule has 24 heavy (non-hydrogen) atoms. The van der Waals surface area contributed by atoms with E-state index in [1.807, 2.05) is 19.1 Å². The van der Waals surface area contributed by atoms with Crippen molar-refractivity contribution in [1.82, 2.24) is 15.2 Å². The zero-order chi connectivity index (χ0) is 17.1. The standard InChI is InChI=1S/C19H30N4O/c1-14-17(19(24)22(2)3)4-5-18(21-14)23-12-8-16(9-13-23)15-6-10-20-11-7-15/h4-5,15-16,20H,6-13H2,1-3H3. The molecule has 132 valence electrons. The Balaban J connectivity index is 1.62. The van der Waals surface area contributed by atoms with Gasteiger partial charge in [0.2, 0.25) is 0 Å². The quantitative estimate of drug-likeness (QED) is 0.924. The molecule has 0 aromatic carbocycles. The summed E-state index contributed by atoms with van der Waals surface area (Å²) < 4.78 is 0. The predicted octanol–water partition coefficient (Wildman–Crippen LogP) is 2.31. The number of pyridine rings is 1. The van der Waals surface area contributed by atoms with Crippen LogP contribution in [0.15, 0.2) is 12.1 Å². The summed E-state index contributed by atoms with van der Waals surface area (Å²) in [5, 5.41) is 3.47. The second-order valence-corrected chi connectivity index (χ2v) is 7.41. The topological polar surface area (TPSA) is 48.5 Å². The SMILES string of the molecule is Cc1nc(N2CCC(C3CCNCC3)CC2)ccc1C(=O)N(C)C. The number of aromatic nitrogens is 1. The maximum Gasteiger partial charge on any atom is 0.255 e. The van der Waals surface area contributed by atoms with Crippen LogP contribution in [0.25, 0.3) is 0 Å². The molecule has 0 radical (unpaired) electrons. The van der Waals surface area contributed by atoms with Gasteiger partial charge in [-0.15, -0.1) is 0 Å². The average molecular weight is 330 g/mol. The molecule has 3 heterocycles. The highest BCUT2D eigenvalue weighted by Gasteiger charge is 2.28. The Kier molecular flexibility index (Phi) is 5.39. The molecule has 3 rings (SSSR count). The van der Waals surface area contributed by atoms with Gasteiger partial charge < -0.3 is 15.1 Å². The first-order valence-corrected chi connectivity index (χ1v) is 9.21. The molecule has 1 N–H and O–H groups in total. The first kappa shape index (κ1) is 17.2. The first-order valence-electron chi connectivity index (χ1n) is 9.21. The molecule has 1 amide bonds.